The van der Waals surface area contributed by atoms with Gasteiger partial charge in [-0.3, -0.25) is 9.97 Å². The summed E-state index contributed by atoms with van der Waals surface area (Å²) in [5.74, 6) is 0. The molecule has 2 aromatic heterocycles. The van der Waals surface area contributed by atoms with E-state index in [-0.39, 0.29) is 0 Å². The summed E-state index contributed by atoms with van der Waals surface area (Å²) in [7, 11) is 2.05. The van der Waals surface area contributed by atoms with Crippen LogP contribution < -0.4 is 4.57 Å². The molecule has 0 saturated carbocycles. The zero-order valence-electron chi connectivity index (χ0n) is 16.4. The van der Waals surface area contributed by atoms with Crippen molar-refractivity contribution in [1.82, 2.24) is 15.0 Å². The summed E-state index contributed by atoms with van der Waals surface area (Å²) in [6.45, 7) is 8.45. The van der Waals surface area contributed by atoms with Gasteiger partial charge >= 0.3 is 0 Å². The van der Waals surface area contributed by atoms with E-state index in [1.54, 1.807) is 6.20 Å². The highest BCUT2D eigenvalue weighted by atomic mass is 15.0. The first kappa shape index (κ1) is 17.3. The quantitative estimate of drug-likeness (QED) is 0.500. The van der Waals surface area contributed by atoms with Crippen molar-refractivity contribution in [3.63, 3.8) is 0 Å². The van der Waals surface area contributed by atoms with E-state index in [0.717, 1.165) is 27.9 Å². The molecule has 0 radical (unpaired) electrons. The average Bonchev–Trinajstić information content (AvgIpc) is 2.65. The minimum atomic E-state index is 0.863. The van der Waals surface area contributed by atoms with Crippen LogP contribution in [0.1, 0.15) is 22.4 Å². The monoisotopic (exact) mass is 355 g/mol. The highest BCUT2D eigenvalue weighted by Crippen LogP contribution is 2.31. The van der Waals surface area contributed by atoms with Gasteiger partial charge in [0.25, 0.3) is 6.33 Å². The van der Waals surface area contributed by atoms with Gasteiger partial charge in [-0.2, -0.15) is 0 Å². The molecule has 2 aromatic carbocycles. The lowest BCUT2D eigenvalue weighted by Gasteiger charge is -2.12. The molecule has 0 fully saturated rings. The van der Waals surface area contributed by atoms with Crippen LogP contribution in [0.2, 0.25) is 0 Å². The van der Waals surface area contributed by atoms with Crippen molar-refractivity contribution in [3.05, 3.63) is 71.4 Å². The van der Waals surface area contributed by atoms with Gasteiger partial charge in [0, 0.05) is 17.3 Å². The minimum absolute atomic E-state index is 0.863. The zero-order valence-corrected chi connectivity index (χ0v) is 16.4. The van der Waals surface area contributed by atoms with E-state index in [4.69, 9.17) is 0 Å². The van der Waals surface area contributed by atoms with Crippen LogP contribution >= 0.6 is 0 Å². The van der Waals surface area contributed by atoms with Crippen molar-refractivity contribution < 1.29 is 4.57 Å². The maximum Gasteiger partial charge on any atom is 0.287 e. The second-order valence-electron chi connectivity index (χ2n) is 7.23. The number of hydrogen-bond donors (Lipinski definition) is 0. The van der Waals surface area contributed by atoms with Crippen LogP contribution in [0.4, 0.5) is 0 Å². The summed E-state index contributed by atoms with van der Waals surface area (Å²) in [6, 6.07) is 10.8. The molecular weight excluding hydrogens is 332 g/mol. The van der Waals surface area contributed by atoms with Crippen LogP contribution in [0.25, 0.3) is 33.4 Å². The Hall–Kier alpha value is -3.14. The molecule has 0 N–H and O–H groups in total. The van der Waals surface area contributed by atoms with E-state index in [1.807, 2.05) is 19.4 Å². The van der Waals surface area contributed by atoms with Crippen LogP contribution in [-0.4, -0.2) is 15.0 Å². The molecule has 0 unspecified atom stereocenters. The standard InChI is InChI=1S/C23H23N4/c1-14-8-15(2)17(4)20(9-14)23-19-7-6-18(10-21(19)26-13-27(23)5)22-12-24-16(3)11-25-22/h6-13H,1-5H3/q+1. The Morgan fingerprint density at radius 3 is 2.41 bits per heavy atom. The SMILES string of the molecule is Cc1cc(C)c(C)c(-c2c3ccc(-c4cnc(C)cn4)cc3nc[n+]2C)c1. The lowest BCUT2D eigenvalue weighted by Crippen LogP contribution is -2.32. The van der Waals surface area contributed by atoms with Gasteiger partial charge in [0.05, 0.1) is 30.0 Å². The zero-order chi connectivity index (χ0) is 19.1. The topological polar surface area (TPSA) is 42.6 Å². The van der Waals surface area contributed by atoms with Gasteiger partial charge in [0.1, 0.15) is 5.69 Å². The molecule has 0 spiro atoms. The van der Waals surface area contributed by atoms with Crippen molar-refractivity contribution in [1.29, 1.82) is 0 Å². The first-order valence-electron chi connectivity index (χ1n) is 9.09. The van der Waals surface area contributed by atoms with Crippen LogP contribution in [0.15, 0.2) is 49.1 Å². The molecule has 0 aliphatic heterocycles. The molecule has 0 saturated heterocycles. The summed E-state index contributed by atoms with van der Waals surface area (Å²) >= 11 is 0. The molecule has 0 atom stereocenters. The molecule has 0 aliphatic carbocycles. The Morgan fingerprint density at radius 2 is 1.67 bits per heavy atom. The Morgan fingerprint density at radius 1 is 0.852 bits per heavy atom. The largest absolute Gasteiger partial charge is 0.287 e. The normalized spacial score (nSPS) is 11.1. The second kappa shape index (κ2) is 6.54. The summed E-state index contributed by atoms with van der Waals surface area (Å²) in [5, 5.41) is 1.14. The maximum absolute atomic E-state index is 4.66. The third-order valence-electron chi connectivity index (χ3n) is 5.12. The van der Waals surface area contributed by atoms with Gasteiger partial charge in [-0.05, 0) is 62.0 Å². The fourth-order valence-electron chi connectivity index (χ4n) is 3.56. The van der Waals surface area contributed by atoms with Crippen molar-refractivity contribution in [2.45, 2.75) is 27.7 Å². The molecular formula is C23H23N4+. The predicted octanol–water partition coefficient (Wildman–Crippen LogP) is 4.42. The average molecular weight is 355 g/mol. The molecule has 27 heavy (non-hydrogen) atoms. The lowest BCUT2D eigenvalue weighted by atomic mass is 9.95. The predicted molar refractivity (Wildman–Crippen MR) is 108 cm³/mol. The number of fused-ring (bicyclic) bond motifs is 1. The molecule has 4 heteroatoms. The van der Waals surface area contributed by atoms with Crippen molar-refractivity contribution in [2.24, 2.45) is 7.05 Å². The van der Waals surface area contributed by atoms with Crippen molar-refractivity contribution in [2.75, 3.05) is 0 Å². The van der Waals surface area contributed by atoms with E-state index in [0.29, 0.717) is 0 Å². The van der Waals surface area contributed by atoms with Gasteiger partial charge in [-0.15, -0.1) is 0 Å². The fraction of sp³-hybridized carbons (Fsp3) is 0.217. The van der Waals surface area contributed by atoms with Crippen molar-refractivity contribution >= 4 is 10.9 Å². The number of hydrogen-bond acceptors (Lipinski definition) is 3. The third kappa shape index (κ3) is 3.08. The van der Waals surface area contributed by atoms with Gasteiger partial charge in [0.15, 0.2) is 5.52 Å². The summed E-state index contributed by atoms with van der Waals surface area (Å²) < 4.78 is 2.11. The van der Waals surface area contributed by atoms with Gasteiger partial charge in [-0.1, -0.05) is 17.7 Å². The molecule has 4 aromatic rings. The Balaban J connectivity index is 1.95. The van der Waals surface area contributed by atoms with E-state index >= 15 is 0 Å². The first-order chi connectivity index (χ1) is 12.9. The fourth-order valence-corrected chi connectivity index (χ4v) is 3.56. The minimum Gasteiger partial charge on any atom is -0.258 e. The highest BCUT2D eigenvalue weighted by Gasteiger charge is 2.18. The molecule has 4 rings (SSSR count). The Kier molecular flexibility index (Phi) is 4.19. The molecule has 134 valence electrons. The first-order valence-corrected chi connectivity index (χ1v) is 9.09. The Bertz CT molecular complexity index is 1160. The molecule has 0 bridgehead atoms. The van der Waals surface area contributed by atoms with E-state index < -0.39 is 0 Å². The van der Waals surface area contributed by atoms with Crippen LogP contribution in [0.3, 0.4) is 0 Å². The smallest absolute Gasteiger partial charge is 0.258 e. The lowest BCUT2D eigenvalue weighted by molar-refractivity contribution is -0.662. The van der Waals surface area contributed by atoms with E-state index in [2.05, 4.69) is 77.7 Å². The highest BCUT2D eigenvalue weighted by molar-refractivity contribution is 5.93. The second-order valence-corrected chi connectivity index (χ2v) is 7.23. The molecule has 2 heterocycles. The summed E-state index contributed by atoms with van der Waals surface area (Å²) in [5.41, 5.74) is 10.1. The number of aryl methyl sites for hydroxylation is 4. The Labute approximate surface area is 159 Å². The summed E-state index contributed by atoms with van der Waals surface area (Å²) in [6.07, 6.45) is 5.50. The van der Waals surface area contributed by atoms with Gasteiger partial charge in [-0.25, -0.2) is 4.57 Å². The van der Waals surface area contributed by atoms with Crippen molar-refractivity contribution in [3.8, 4) is 22.5 Å². The molecule has 0 aliphatic rings. The summed E-state index contributed by atoms with van der Waals surface area (Å²) in [4.78, 5) is 13.5. The molecule has 4 nitrogen and oxygen atoms in total. The van der Waals surface area contributed by atoms with Crippen LogP contribution in [0.5, 0.6) is 0 Å². The van der Waals surface area contributed by atoms with E-state index in [1.165, 1.54) is 27.9 Å². The van der Waals surface area contributed by atoms with Gasteiger partial charge in [0.2, 0.25) is 0 Å². The third-order valence-corrected chi connectivity index (χ3v) is 5.12. The number of rotatable bonds is 2. The maximum atomic E-state index is 4.66. The van der Waals surface area contributed by atoms with Crippen LogP contribution in [-0.2, 0) is 7.05 Å². The number of nitrogens with zero attached hydrogens (tertiary/aromatic N) is 4. The van der Waals surface area contributed by atoms with Gasteiger partial charge < -0.3 is 0 Å². The molecule has 0 amide bonds. The van der Waals surface area contributed by atoms with Crippen LogP contribution in [0, 0.1) is 27.7 Å². The number of benzene rings is 2. The van der Waals surface area contributed by atoms with E-state index in [9.17, 15) is 0 Å². The number of aromatic nitrogens is 4.